The molecule has 2 unspecified atom stereocenters. The molecular formula is C23H25F3N6O. The molecule has 3 heterocycles. The van der Waals surface area contributed by atoms with E-state index in [0.717, 1.165) is 30.7 Å². The molecule has 2 aromatic heterocycles. The van der Waals surface area contributed by atoms with Crippen molar-refractivity contribution in [2.45, 2.75) is 38.9 Å². The minimum absolute atomic E-state index is 0.108. The van der Waals surface area contributed by atoms with E-state index in [4.69, 9.17) is 0 Å². The van der Waals surface area contributed by atoms with Crippen LogP contribution in [-0.2, 0) is 6.18 Å². The first-order chi connectivity index (χ1) is 15.7. The van der Waals surface area contributed by atoms with Crippen LogP contribution >= 0.6 is 0 Å². The third-order valence-corrected chi connectivity index (χ3v) is 6.01. The van der Waals surface area contributed by atoms with Crippen LogP contribution in [-0.4, -0.2) is 49.9 Å². The van der Waals surface area contributed by atoms with E-state index >= 15 is 0 Å². The van der Waals surface area contributed by atoms with Gasteiger partial charge in [-0.15, -0.1) is 5.10 Å². The first-order valence-electron chi connectivity index (χ1n) is 10.8. The predicted octanol–water partition coefficient (Wildman–Crippen LogP) is 4.34. The van der Waals surface area contributed by atoms with Crippen molar-refractivity contribution in [1.29, 1.82) is 0 Å². The van der Waals surface area contributed by atoms with E-state index in [9.17, 15) is 18.0 Å². The molecule has 0 aliphatic carbocycles. The fourth-order valence-corrected chi connectivity index (χ4v) is 4.20. The number of nitrogens with zero attached hydrogens (tertiary/aromatic N) is 5. The maximum atomic E-state index is 13.7. The second-order valence-electron chi connectivity index (χ2n) is 8.36. The molecule has 0 radical (unpaired) electrons. The summed E-state index contributed by atoms with van der Waals surface area (Å²) in [4.78, 5) is 19.4. The highest BCUT2D eigenvalue weighted by atomic mass is 19.4. The molecule has 7 nitrogen and oxygen atoms in total. The van der Waals surface area contributed by atoms with Gasteiger partial charge in [-0.3, -0.25) is 4.79 Å². The Morgan fingerprint density at radius 2 is 2.06 bits per heavy atom. The quantitative estimate of drug-likeness (QED) is 0.616. The van der Waals surface area contributed by atoms with Gasteiger partial charge in [-0.2, -0.15) is 13.2 Å². The lowest BCUT2D eigenvalue weighted by molar-refractivity contribution is -0.137. The number of rotatable bonds is 5. The van der Waals surface area contributed by atoms with E-state index in [-0.39, 0.29) is 17.9 Å². The van der Waals surface area contributed by atoms with Gasteiger partial charge < -0.3 is 10.2 Å². The second-order valence-corrected chi connectivity index (χ2v) is 8.36. The molecule has 1 aromatic carbocycles. The van der Waals surface area contributed by atoms with Crippen LogP contribution in [0.1, 0.15) is 41.3 Å². The topological polar surface area (TPSA) is 75.9 Å². The number of hydrogen-bond donors (Lipinski definition) is 1. The Labute approximate surface area is 189 Å². The van der Waals surface area contributed by atoms with Crippen LogP contribution in [0, 0.1) is 12.8 Å². The predicted molar refractivity (Wildman–Crippen MR) is 117 cm³/mol. The number of anilines is 1. The smallest absolute Gasteiger partial charge is 0.368 e. The molecule has 1 N–H and O–H groups in total. The number of halogens is 3. The minimum atomic E-state index is -4.43. The molecule has 2 atom stereocenters. The molecule has 3 aromatic rings. The molecule has 0 spiro atoms. The van der Waals surface area contributed by atoms with Crippen molar-refractivity contribution in [2.24, 2.45) is 5.92 Å². The number of alkyl halides is 3. The summed E-state index contributed by atoms with van der Waals surface area (Å²) in [5.74, 6) is 0.444. The number of carbonyl (C=O) groups excluding carboxylic acids is 1. The van der Waals surface area contributed by atoms with E-state index in [1.807, 2.05) is 30.0 Å². The number of aryl methyl sites for hydroxylation is 1. The highest BCUT2D eigenvalue weighted by molar-refractivity contribution is 5.98. The third-order valence-electron chi connectivity index (χ3n) is 6.01. The standard InChI is InChI=1S/C23H25F3N6O/c1-15-5-7-19(32-11-9-29-30-32)18(12-15)22(33)31-10-3-4-16(2)20(31)14-28-21-8-6-17(13-27-21)23(24,25)26/h5-9,11-13,16,20H,3-4,10,14H2,1-2H3,(H,27,28). The number of pyridine rings is 1. The van der Waals surface area contributed by atoms with Gasteiger partial charge in [0, 0.05) is 19.3 Å². The normalized spacial score (nSPS) is 18.9. The summed E-state index contributed by atoms with van der Waals surface area (Å²) in [6.07, 6.45) is 1.47. The van der Waals surface area contributed by atoms with Gasteiger partial charge in [-0.1, -0.05) is 23.8 Å². The van der Waals surface area contributed by atoms with Crippen LogP contribution in [0.25, 0.3) is 5.69 Å². The van der Waals surface area contributed by atoms with Crippen molar-refractivity contribution in [2.75, 3.05) is 18.4 Å². The summed E-state index contributed by atoms with van der Waals surface area (Å²) >= 11 is 0. The van der Waals surface area contributed by atoms with Crippen LogP contribution in [0.15, 0.2) is 48.9 Å². The monoisotopic (exact) mass is 458 g/mol. The van der Waals surface area contributed by atoms with Crippen molar-refractivity contribution in [3.8, 4) is 5.69 Å². The maximum Gasteiger partial charge on any atom is 0.417 e. The summed E-state index contributed by atoms with van der Waals surface area (Å²) in [6, 6.07) is 7.79. The maximum absolute atomic E-state index is 13.7. The second kappa shape index (κ2) is 9.21. The molecule has 4 rings (SSSR count). The number of benzene rings is 1. The molecule has 1 fully saturated rings. The number of carbonyl (C=O) groups is 1. The molecule has 1 saturated heterocycles. The van der Waals surface area contributed by atoms with Gasteiger partial charge in [-0.25, -0.2) is 9.67 Å². The average Bonchev–Trinajstić information content (AvgIpc) is 3.32. The van der Waals surface area contributed by atoms with Crippen LogP contribution in [0.2, 0.25) is 0 Å². The zero-order chi connectivity index (χ0) is 23.6. The number of amides is 1. The van der Waals surface area contributed by atoms with E-state index in [1.54, 1.807) is 17.1 Å². The minimum Gasteiger partial charge on any atom is -0.368 e. The summed E-state index contributed by atoms with van der Waals surface area (Å²) in [6.45, 7) is 4.99. The number of likely N-dealkylation sites (tertiary alicyclic amines) is 1. The zero-order valence-corrected chi connectivity index (χ0v) is 18.4. The van der Waals surface area contributed by atoms with E-state index in [2.05, 4.69) is 27.5 Å². The van der Waals surface area contributed by atoms with Gasteiger partial charge in [0.25, 0.3) is 5.91 Å². The third kappa shape index (κ3) is 4.99. The lowest BCUT2D eigenvalue weighted by Crippen LogP contribution is -2.51. The lowest BCUT2D eigenvalue weighted by Gasteiger charge is -2.40. The Morgan fingerprint density at radius 3 is 2.73 bits per heavy atom. The van der Waals surface area contributed by atoms with Crippen LogP contribution in [0.4, 0.5) is 19.0 Å². The van der Waals surface area contributed by atoms with Gasteiger partial charge >= 0.3 is 6.18 Å². The Balaban J connectivity index is 1.55. The average molecular weight is 458 g/mol. The van der Waals surface area contributed by atoms with E-state index < -0.39 is 11.7 Å². The Hall–Kier alpha value is -3.43. The van der Waals surface area contributed by atoms with Crippen molar-refractivity contribution >= 4 is 11.7 Å². The highest BCUT2D eigenvalue weighted by Gasteiger charge is 2.34. The molecule has 0 bridgehead atoms. The molecule has 33 heavy (non-hydrogen) atoms. The van der Waals surface area contributed by atoms with Crippen molar-refractivity contribution < 1.29 is 18.0 Å². The SMILES string of the molecule is Cc1ccc(-n2ccnn2)c(C(=O)N2CCCC(C)C2CNc2ccc(C(F)(F)F)cn2)c1. The molecular weight excluding hydrogens is 433 g/mol. The Kier molecular flexibility index (Phi) is 6.35. The summed E-state index contributed by atoms with van der Waals surface area (Å²) < 4.78 is 40.0. The molecule has 174 valence electrons. The van der Waals surface area contributed by atoms with Gasteiger partial charge in [0.1, 0.15) is 5.82 Å². The Bertz CT molecular complexity index is 1100. The van der Waals surface area contributed by atoms with Crippen molar-refractivity contribution in [3.05, 3.63) is 65.6 Å². The molecule has 0 saturated carbocycles. The number of hydrogen-bond acceptors (Lipinski definition) is 5. The van der Waals surface area contributed by atoms with Crippen LogP contribution in [0.3, 0.4) is 0 Å². The number of nitrogens with one attached hydrogen (secondary N) is 1. The first-order valence-corrected chi connectivity index (χ1v) is 10.8. The fourth-order valence-electron chi connectivity index (χ4n) is 4.20. The summed E-state index contributed by atoms with van der Waals surface area (Å²) in [5.41, 5.74) is 1.34. The largest absolute Gasteiger partial charge is 0.417 e. The summed E-state index contributed by atoms with van der Waals surface area (Å²) in [7, 11) is 0. The van der Waals surface area contributed by atoms with Gasteiger partial charge in [0.2, 0.25) is 0 Å². The molecule has 10 heteroatoms. The van der Waals surface area contributed by atoms with Gasteiger partial charge in [-0.05, 0) is 49.9 Å². The molecule has 1 amide bonds. The van der Waals surface area contributed by atoms with Gasteiger partial charge in [0.15, 0.2) is 0 Å². The van der Waals surface area contributed by atoms with Gasteiger partial charge in [0.05, 0.1) is 35.2 Å². The van der Waals surface area contributed by atoms with Crippen molar-refractivity contribution in [1.82, 2.24) is 24.9 Å². The Morgan fingerprint density at radius 1 is 1.24 bits per heavy atom. The molecule has 1 aliphatic rings. The lowest BCUT2D eigenvalue weighted by atomic mass is 9.89. The van der Waals surface area contributed by atoms with Crippen molar-refractivity contribution in [3.63, 3.8) is 0 Å². The highest BCUT2D eigenvalue weighted by Crippen LogP contribution is 2.30. The number of aromatic nitrogens is 4. The summed E-state index contributed by atoms with van der Waals surface area (Å²) in [5, 5.41) is 11.0. The van der Waals surface area contributed by atoms with E-state index in [1.165, 1.54) is 6.07 Å². The number of piperidine rings is 1. The fraction of sp³-hybridized carbons (Fsp3) is 0.391. The molecule has 1 aliphatic heterocycles. The zero-order valence-electron chi connectivity index (χ0n) is 18.4. The first kappa shape index (κ1) is 22.8. The van der Waals surface area contributed by atoms with Crippen LogP contribution < -0.4 is 5.32 Å². The van der Waals surface area contributed by atoms with E-state index in [0.29, 0.717) is 30.2 Å². The van der Waals surface area contributed by atoms with Crippen LogP contribution in [0.5, 0.6) is 0 Å².